The van der Waals surface area contributed by atoms with Crippen LogP contribution < -0.4 is 5.73 Å². The predicted octanol–water partition coefficient (Wildman–Crippen LogP) is 3.38. The third-order valence-corrected chi connectivity index (χ3v) is 3.04. The summed E-state index contributed by atoms with van der Waals surface area (Å²) in [5.74, 6) is 0. The van der Waals surface area contributed by atoms with Crippen LogP contribution in [0.25, 0.3) is 0 Å². The van der Waals surface area contributed by atoms with Gasteiger partial charge in [0.05, 0.1) is 37.1 Å². The largest absolute Gasteiger partial charge is 0.375 e. The van der Waals surface area contributed by atoms with Crippen LogP contribution in [-0.4, -0.2) is 43.7 Å². The van der Waals surface area contributed by atoms with Gasteiger partial charge in [-0.3, -0.25) is 0 Å². The minimum atomic E-state index is -0.144. The molecule has 128 valence electrons. The zero-order chi connectivity index (χ0) is 16.7. The standard InChI is InChI=1S/C17H37NO3/c1-13(9-18)19-10-14(2)20-11-15(3)21-17(7,8)12-16(4,5)6/h13-15H,9-12,18H2,1-8H3. The highest BCUT2D eigenvalue weighted by molar-refractivity contribution is 4.78. The molecule has 0 aromatic heterocycles. The van der Waals surface area contributed by atoms with E-state index in [0.29, 0.717) is 19.8 Å². The van der Waals surface area contributed by atoms with Gasteiger partial charge in [0.15, 0.2) is 0 Å². The fourth-order valence-corrected chi connectivity index (χ4v) is 2.61. The van der Waals surface area contributed by atoms with Crippen LogP contribution >= 0.6 is 0 Å². The van der Waals surface area contributed by atoms with E-state index in [0.717, 1.165) is 6.42 Å². The molecule has 0 heterocycles. The Hall–Kier alpha value is -0.160. The third kappa shape index (κ3) is 12.1. The monoisotopic (exact) mass is 303 g/mol. The van der Waals surface area contributed by atoms with Crippen molar-refractivity contribution in [1.29, 1.82) is 0 Å². The number of ether oxygens (including phenoxy) is 3. The zero-order valence-corrected chi connectivity index (χ0v) is 15.4. The topological polar surface area (TPSA) is 53.7 Å². The van der Waals surface area contributed by atoms with Gasteiger partial charge < -0.3 is 19.9 Å². The molecule has 0 aromatic rings. The summed E-state index contributed by atoms with van der Waals surface area (Å²) in [6, 6.07) is 0. The molecule has 0 aliphatic rings. The van der Waals surface area contributed by atoms with Gasteiger partial charge in [-0.25, -0.2) is 0 Å². The Morgan fingerprint density at radius 2 is 1.29 bits per heavy atom. The lowest BCUT2D eigenvalue weighted by Gasteiger charge is -2.35. The van der Waals surface area contributed by atoms with Gasteiger partial charge in [0.25, 0.3) is 0 Å². The maximum Gasteiger partial charge on any atom is 0.0787 e. The smallest absolute Gasteiger partial charge is 0.0787 e. The summed E-state index contributed by atoms with van der Waals surface area (Å²) in [5, 5.41) is 0. The van der Waals surface area contributed by atoms with E-state index in [1.807, 2.05) is 13.8 Å². The SMILES string of the molecule is CC(CN)OCC(C)OCC(C)OC(C)(C)CC(C)(C)C. The van der Waals surface area contributed by atoms with Crippen LogP contribution in [0, 0.1) is 5.41 Å². The van der Waals surface area contributed by atoms with Crippen LogP contribution in [0.1, 0.15) is 61.8 Å². The molecule has 0 aliphatic carbocycles. The van der Waals surface area contributed by atoms with Crippen LogP contribution in [0.4, 0.5) is 0 Å². The van der Waals surface area contributed by atoms with Gasteiger partial charge in [-0.1, -0.05) is 20.8 Å². The molecule has 0 amide bonds. The number of hydrogen-bond donors (Lipinski definition) is 1. The fourth-order valence-electron chi connectivity index (χ4n) is 2.61. The minimum absolute atomic E-state index is 0.0516. The predicted molar refractivity (Wildman–Crippen MR) is 88.6 cm³/mol. The summed E-state index contributed by atoms with van der Waals surface area (Å²) in [5.41, 5.74) is 5.62. The van der Waals surface area contributed by atoms with Crippen molar-refractivity contribution in [2.45, 2.75) is 85.7 Å². The molecule has 4 heteroatoms. The van der Waals surface area contributed by atoms with E-state index in [1.165, 1.54) is 0 Å². The molecule has 0 aliphatic heterocycles. The van der Waals surface area contributed by atoms with Gasteiger partial charge >= 0.3 is 0 Å². The van der Waals surface area contributed by atoms with Crippen molar-refractivity contribution in [1.82, 2.24) is 0 Å². The number of nitrogens with two attached hydrogens (primary N) is 1. The van der Waals surface area contributed by atoms with E-state index >= 15 is 0 Å². The Kier molecular flexibility index (Phi) is 9.02. The van der Waals surface area contributed by atoms with Crippen molar-refractivity contribution in [3.05, 3.63) is 0 Å². The van der Waals surface area contributed by atoms with Crippen LogP contribution in [-0.2, 0) is 14.2 Å². The Bertz CT molecular complexity index is 274. The maximum atomic E-state index is 6.13. The van der Waals surface area contributed by atoms with Crippen molar-refractivity contribution >= 4 is 0 Å². The van der Waals surface area contributed by atoms with Crippen molar-refractivity contribution in [3.8, 4) is 0 Å². The fraction of sp³-hybridized carbons (Fsp3) is 1.00. The van der Waals surface area contributed by atoms with Crippen molar-refractivity contribution in [3.63, 3.8) is 0 Å². The average Bonchev–Trinajstić information content (AvgIpc) is 2.29. The lowest BCUT2D eigenvalue weighted by atomic mass is 9.83. The summed E-state index contributed by atoms with van der Waals surface area (Å²) in [7, 11) is 0. The number of rotatable bonds is 10. The van der Waals surface area contributed by atoms with Crippen molar-refractivity contribution in [2.75, 3.05) is 19.8 Å². The molecule has 0 bridgehead atoms. The molecule has 0 fully saturated rings. The lowest BCUT2D eigenvalue weighted by molar-refractivity contribution is -0.124. The Balaban J connectivity index is 4.01. The second-order valence-electron chi connectivity index (χ2n) is 7.95. The van der Waals surface area contributed by atoms with Gasteiger partial charge in [-0.15, -0.1) is 0 Å². The summed E-state index contributed by atoms with van der Waals surface area (Å²) >= 11 is 0. The lowest BCUT2D eigenvalue weighted by Crippen LogP contribution is -2.36. The van der Waals surface area contributed by atoms with Crippen LogP contribution in [0.3, 0.4) is 0 Å². The molecule has 3 atom stereocenters. The molecule has 0 saturated heterocycles. The molecule has 21 heavy (non-hydrogen) atoms. The van der Waals surface area contributed by atoms with Gasteiger partial charge in [0.2, 0.25) is 0 Å². The summed E-state index contributed by atoms with van der Waals surface area (Å²) in [6.45, 7) is 18.7. The van der Waals surface area contributed by atoms with Crippen LogP contribution in [0.2, 0.25) is 0 Å². The van der Waals surface area contributed by atoms with Crippen molar-refractivity contribution < 1.29 is 14.2 Å². The highest BCUT2D eigenvalue weighted by Gasteiger charge is 2.28. The molecule has 0 rings (SSSR count). The van der Waals surface area contributed by atoms with Crippen LogP contribution in [0.5, 0.6) is 0 Å². The normalized spacial score (nSPS) is 17.6. The van der Waals surface area contributed by atoms with E-state index in [4.69, 9.17) is 19.9 Å². The van der Waals surface area contributed by atoms with E-state index < -0.39 is 0 Å². The van der Waals surface area contributed by atoms with Crippen LogP contribution in [0.15, 0.2) is 0 Å². The van der Waals surface area contributed by atoms with E-state index in [-0.39, 0.29) is 29.3 Å². The summed E-state index contributed by atoms with van der Waals surface area (Å²) in [4.78, 5) is 0. The zero-order valence-electron chi connectivity index (χ0n) is 15.4. The van der Waals surface area contributed by atoms with Crippen molar-refractivity contribution in [2.24, 2.45) is 11.1 Å². The first-order valence-corrected chi connectivity index (χ1v) is 8.06. The average molecular weight is 303 g/mol. The second kappa shape index (κ2) is 9.09. The molecule has 3 unspecified atom stereocenters. The van der Waals surface area contributed by atoms with Gasteiger partial charge in [0.1, 0.15) is 0 Å². The minimum Gasteiger partial charge on any atom is -0.375 e. The van der Waals surface area contributed by atoms with Gasteiger partial charge in [-0.05, 0) is 46.5 Å². The third-order valence-electron chi connectivity index (χ3n) is 3.04. The number of hydrogen-bond acceptors (Lipinski definition) is 4. The van der Waals surface area contributed by atoms with Gasteiger partial charge in [-0.2, -0.15) is 0 Å². The van der Waals surface area contributed by atoms with Gasteiger partial charge in [0, 0.05) is 6.54 Å². The Labute approximate surface area is 131 Å². The maximum absolute atomic E-state index is 6.13. The summed E-state index contributed by atoms with van der Waals surface area (Å²) < 4.78 is 17.5. The van der Waals surface area contributed by atoms with E-state index in [9.17, 15) is 0 Å². The quantitative estimate of drug-likeness (QED) is 0.672. The molecule has 4 nitrogen and oxygen atoms in total. The molecule has 0 spiro atoms. The van der Waals surface area contributed by atoms with E-state index in [2.05, 4.69) is 41.5 Å². The first-order chi connectivity index (χ1) is 9.45. The highest BCUT2D eigenvalue weighted by atomic mass is 16.6. The summed E-state index contributed by atoms with van der Waals surface area (Å²) in [6.07, 6.45) is 1.21. The molecule has 0 aromatic carbocycles. The van der Waals surface area contributed by atoms with E-state index in [1.54, 1.807) is 0 Å². The molecular formula is C17H37NO3. The second-order valence-corrected chi connectivity index (χ2v) is 7.95. The Morgan fingerprint density at radius 1 is 0.810 bits per heavy atom. The molecule has 0 saturated carbocycles. The molecule has 0 radical (unpaired) electrons. The Morgan fingerprint density at radius 3 is 1.76 bits per heavy atom. The highest BCUT2D eigenvalue weighted by Crippen LogP contribution is 2.30. The first-order valence-electron chi connectivity index (χ1n) is 8.06. The molecular weight excluding hydrogens is 266 g/mol. The first kappa shape index (κ1) is 20.8. The molecule has 2 N–H and O–H groups in total.